The Morgan fingerprint density at radius 3 is 2.36 bits per heavy atom. The number of likely N-dealkylation sites (N-methyl/N-ethyl adjacent to an activating group) is 1. The number of hydrogen-bond acceptors (Lipinski definition) is 4. The molecule has 1 atom stereocenters. The molecule has 2 saturated heterocycles. The number of benzene rings is 1. The molecule has 28 heavy (non-hydrogen) atoms. The molecule has 0 aromatic heterocycles. The summed E-state index contributed by atoms with van der Waals surface area (Å²) < 4.78 is 6.16. The number of hydrogen-bond donors (Lipinski definition) is 0. The topological polar surface area (TPSA) is 53.1 Å². The van der Waals surface area contributed by atoms with Gasteiger partial charge in [-0.3, -0.25) is 9.59 Å². The summed E-state index contributed by atoms with van der Waals surface area (Å²) in [5, 5.41) is 0. The molecule has 0 bridgehead atoms. The molecule has 0 radical (unpaired) electrons. The van der Waals surface area contributed by atoms with Crippen molar-refractivity contribution in [1.82, 2.24) is 14.7 Å². The highest BCUT2D eigenvalue weighted by Gasteiger charge is 2.35. The SMILES string of the molecule is CN(C)[C@H]1CCN(C(=O)c2cccc(OC3CCN(C(=O)C4CC4)CC3)c2)C1. The molecule has 0 spiro atoms. The first kappa shape index (κ1) is 19.2. The van der Waals surface area contributed by atoms with E-state index < -0.39 is 0 Å². The maximum atomic E-state index is 12.9. The van der Waals surface area contributed by atoms with Crippen molar-refractivity contribution in [1.29, 1.82) is 0 Å². The Morgan fingerprint density at radius 1 is 1.00 bits per heavy atom. The number of likely N-dealkylation sites (tertiary alicyclic amines) is 2. The summed E-state index contributed by atoms with van der Waals surface area (Å²) in [5.41, 5.74) is 0.693. The van der Waals surface area contributed by atoms with E-state index in [0.29, 0.717) is 17.5 Å². The van der Waals surface area contributed by atoms with Gasteiger partial charge < -0.3 is 19.4 Å². The summed E-state index contributed by atoms with van der Waals surface area (Å²) in [6.45, 7) is 3.14. The molecule has 2 amide bonds. The second-order valence-corrected chi connectivity index (χ2v) is 8.60. The average molecular weight is 386 g/mol. The molecule has 1 aromatic carbocycles. The van der Waals surface area contributed by atoms with E-state index in [9.17, 15) is 9.59 Å². The summed E-state index contributed by atoms with van der Waals surface area (Å²) in [6.07, 6.45) is 4.96. The number of carbonyl (C=O) groups is 2. The molecule has 4 rings (SSSR count). The lowest BCUT2D eigenvalue weighted by Crippen LogP contribution is -2.42. The fraction of sp³-hybridized carbons (Fsp3) is 0.636. The number of piperidine rings is 1. The first-order valence-electron chi connectivity index (χ1n) is 10.5. The molecular formula is C22H31N3O3. The van der Waals surface area contributed by atoms with E-state index in [-0.39, 0.29) is 17.9 Å². The minimum Gasteiger partial charge on any atom is -0.490 e. The van der Waals surface area contributed by atoms with Gasteiger partial charge in [-0.2, -0.15) is 0 Å². The van der Waals surface area contributed by atoms with Crippen molar-refractivity contribution in [3.63, 3.8) is 0 Å². The molecule has 6 heteroatoms. The Kier molecular flexibility index (Phi) is 5.58. The minimum absolute atomic E-state index is 0.0830. The predicted molar refractivity (Wildman–Crippen MR) is 107 cm³/mol. The lowest BCUT2D eigenvalue weighted by Gasteiger charge is -2.32. The van der Waals surface area contributed by atoms with E-state index in [0.717, 1.165) is 64.0 Å². The van der Waals surface area contributed by atoms with Crippen LogP contribution in [0.2, 0.25) is 0 Å². The highest BCUT2D eigenvalue weighted by atomic mass is 16.5. The quantitative estimate of drug-likeness (QED) is 0.780. The van der Waals surface area contributed by atoms with Crippen molar-refractivity contribution in [3.8, 4) is 5.75 Å². The van der Waals surface area contributed by atoms with Gasteiger partial charge in [-0.1, -0.05) is 6.07 Å². The Bertz CT molecular complexity index is 723. The van der Waals surface area contributed by atoms with Gasteiger partial charge in [0.2, 0.25) is 5.91 Å². The molecule has 2 heterocycles. The van der Waals surface area contributed by atoms with Gasteiger partial charge >= 0.3 is 0 Å². The maximum Gasteiger partial charge on any atom is 0.254 e. The Morgan fingerprint density at radius 2 is 1.71 bits per heavy atom. The fourth-order valence-electron chi connectivity index (χ4n) is 4.21. The number of ether oxygens (including phenoxy) is 1. The van der Waals surface area contributed by atoms with Crippen LogP contribution in [0.5, 0.6) is 5.75 Å². The van der Waals surface area contributed by atoms with Crippen LogP contribution in [0.4, 0.5) is 0 Å². The molecule has 3 fully saturated rings. The summed E-state index contributed by atoms with van der Waals surface area (Å²) in [6, 6.07) is 7.99. The van der Waals surface area contributed by atoms with Gasteiger partial charge in [0, 0.05) is 56.5 Å². The molecule has 6 nitrogen and oxygen atoms in total. The van der Waals surface area contributed by atoms with Crippen LogP contribution in [0.3, 0.4) is 0 Å². The van der Waals surface area contributed by atoms with Gasteiger partial charge in [-0.15, -0.1) is 0 Å². The van der Waals surface area contributed by atoms with Crippen LogP contribution >= 0.6 is 0 Å². The highest BCUT2D eigenvalue weighted by Crippen LogP contribution is 2.32. The minimum atomic E-state index is 0.0830. The molecule has 0 N–H and O–H groups in total. The molecule has 3 aliphatic rings. The van der Waals surface area contributed by atoms with Crippen LogP contribution < -0.4 is 4.74 Å². The van der Waals surface area contributed by atoms with Crippen molar-refractivity contribution < 1.29 is 14.3 Å². The van der Waals surface area contributed by atoms with E-state index in [1.807, 2.05) is 34.1 Å². The van der Waals surface area contributed by atoms with Crippen molar-refractivity contribution >= 4 is 11.8 Å². The van der Waals surface area contributed by atoms with Crippen LogP contribution in [0.1, 0.15) is 42.5 Å². The zero-order chi connectivity index (χ0) is 19.7. The number of amides is 2. The van der Waals surface area contributed by atoms with Gasteiger partial charge in [-0.25, -0.2) is 0 Å². The monoisotopic (exact) mass is 385 g/mol. The third-order valence-corrected chi connectivity index (χ3v) is 6.24. The predicted octanol–water partition coefficient (Wildman–Crippen LogP) is 2.24. The lowest BCUT2D eigenvalue weighted by atomic mass is 10.1. The highest BCUT2D eigenvalue weighted by molar-refractivity contribution is 5.94. The van der Waals surface area contributed by atoms with Gasteiger partial charge in [0.1, 0.15) is 11.9 Å². The van der Waals surface area contributed by atoms with E-state index in [4.69, 9.17) is 4.74 Å². The number of carbonyl (C=O) groups excluding carboxylic acids is 2. The third kappa shape index (κ3) is 4.32. The molecule has 1 aliphatic carbocycles. The van der Waals surface area contributed by atoms with Crippen LogP contribution in [-0.4, -0.2) is 78.9 Å². The van der Waals surface area contributed by atoms with Gasteiger partial charge in [0.05, 0.1) is 0 Å². The standard InChI is InChI=1S/C22H31N3O3/c1-23(2)18-8-11-25(15-18)22(27)17-4-3-5-20(14-17)28-19-9-12-24(13-10-19)21(26)16-6-7-16/h3-5,14,16,18-19H,6-13,15H2,1-2H3/t18-/m0/s1. The Labute approximate surface area is 167 Å². The number of rotatable bonds is 5. The van der Waals surface area contributed by atoms with E-state index in [1.54, 1.807) is 0 Å². The van der Waals surface area contributed by atoms with Crippen LogP contribution in [0, 0.1) is 5.92 Å². The zero-order valence-electron chi connectivity index (χ0n) is 17.0. The second-order valence-electron chi connectivity index (χ2n) is 8.60. The van der Waals surface area contributed by atoms with E-state index >= 15 is 0 Å². The largest absolute Gasteiger partial charge is 0.490 e. The molecule has 0 unspecified atom stereocenters. The summed E-state index contributed by atoms with van der Waals surface area (Å²) in [7, 11) is 4.13. The van der Waals surface area contributed by atoms with Crippen molar-refractivity contribution in [2.24, 2.45) is 5.92 Å². The molecule has 152 valence electrons. The first-order valence-corrected chi connectivity index (χ1v) is 10.5. The first-order chi connectivity index (χ1) is 13.5. The van der Waals surface area contributed by atoms with Crippen molar-refractivity contribution in [3.05, 3.63) is 29.8 Å². The normalized spacial score (nSPS) is 23.3. The molecule has 2 aliphatic heterocycles. The van der Waals surface area contributed by atoms with Crippen molar-refractivity contribution in [2.75, 3.05) is 40.3 Å². The van der Waals surface area contributed by atoms with Crippen LogP contribution in [-0.2, 0) is 4.79 Å². The molecular weight excluding hydrogens is 354 g/mol. The van der Waals surface area contributed by atoms with E-state index in [2.05, 4.69) is 19.0 Å². The van der Waals surface area contributed by atoms with Gasteiger partial charge in [0.15, 0.2) is 0 Å². The third-order valence-electron chi connectivity index (χ3n) is 6.24. The molecule has 1 saturated carbocycles. The second kappa shape index (κ2) is 8.11. The van der Waals surface area contributed by atoms with E-state index in [1.165, 1.54) is 0 Å². The van der Waals surface area contributed by atoms with Gasteiger partial charge in [0.25, 0.3) is 5.91 Å². The Balaban J connectivity index is 1.31. The summed E-state index contributed by atoms with van der Waals surface area (Å²) in [5.74, 6) is 1.45. The van der Waals surface area contributed by atoms with Crippen LogP contribution in [0.25, 0.3) is 0 Å². The Hall–Kier alpha value is -2.08. The van der Waals surface area contributed by atoms with Gasteiger partial charge in [-0.05, 0) is 51.6 Å². The summed E-state index contributed by atoms with van der Waals surface area (Å²) in [4.78, 5) is 31.1. The van der Waals surface area contributed by atoms with Crippen LogP contribution in [0.15, 0.2) is 24.3 Å². The maximum absolute atomic E-state index is 12.9. The zero-order valence-corrected chi connectivity index (χ0v) is 17.0. The summed E-state index contributed by atoms with van der Waals surface area (Å²) >= 11 is 0. The number of nitrogens with zero attached hydrogens (tertiary/aromatic N) is 3. The average Bonchev–Trinajstić information content (AvgIpc) is 3.43. The van der Waals surface area contributed by atoms with Crippen molar-refractivity contribution in [2.45, 2.75) is 44.2 Å². The lowest BCUT2D eigenvalue weighted by molar-refractivity contribution is -0.134. The smallest absolute Gasteiger partial charge is 0.254 e. The fourth-order valence-corrected chi connectivity index (χ4v) is 4.21. The molecule has 1 aromatic rings.